The van der Waals surface area contributed by atoms with Gasteiger partial charge in [0.1, 0.15) is 0 Å². The van der Waals surface area contributed by atoms with Crippen molar-refractivity contribution in [3.8, 4) is 0 Å². The van der Waals surface area contributed by atoms with Gasteiger partial charge in [0.25, 0.3) is 0 Å². The Morgan fingerprint density at radius 1 is 1.33 bits per heavy atom. The van der Waals surface area contributed by atoms with Crippen LogP contribution in [0, 0.1) is 18.8 Å². The highest BCUT2D eigenvalue weighted by Gasteiger charge is 2.04. The molecule has 0 heteroatoms. The van der Waals surface area contributed by atoms with Crippen LogP contribution in [0.15, 0.2) is 0 Å². The van der Waals surface area contributed by atoms with Gasteiger partial charge in [0, 0.05) is 0 Å². The number of hydrogen-bond donors (Lipinski definition) is 0. The quantitative estimate of drug-likeness (QED) is 0.543. The average Bonchev–Trinajstić information content (AvgIpc) is 1.82. The molecule has 0 aliphatic heterocycles. The molecule has 0 saturated heterocycles. The third-order valence-electron chi connectivity index (χ3n) is 1.79. The van der Waals surface area contributed by atoms with E-state index in [1.165, 1.54) is 12.8 Å². The minimum atomic E-state index is 0.844. The van der Waals surface area contributed by atoms with Crippen LogP contribution in [-0.4, -0.2) is 0 Å². The zero-order valence-corrected chi connectivity index (χ0v) is 6.98. The largest absolute Gasteiger partial charge is 0.0651 e. The fraction of sp³-hybridized carbons (Fsp3) is 0.889. The first-order valence-corrected chi connectivity index (χ1v) is 3.99. The van der Waals surface area contributed by atoms with Gasteiger partial charge in [0.05, 0.1) is 0 Å². The molecule has 1 radical (unpaired) electrons. The highest BCUT2D eigenvalue weighted by molar-refractivity contribution is 4.60. The lowest BCUT2D eigenvalue weighted by Crippen LogP contribution is -2.01. The van der Waals surface area contributed by atoms with Crippen LogP contribution in [0.1, 0.15) is 40.0 Å². The van der Waals surface area contributed by atoms with E-state index in [-0.39, 0.29) is 0 Å². The van der Waals surface area contributed by atoms with Crippen molar-refractivity contribution in [3.05, 3.63) is 6.92 Å². The summed E-state index contributed by atoms with van der Waals surface area (Å²) >= 11 is 0. The molecule has 0 spiro atoms. The standard InChI is InChI=1S/C9H19/c1-5-9(6-2)7-8(3)4/h8-9H,1,5-7H2,2-4H3. The fourth-order valence-corrected chi connectivity index (χ4v) is 1.16. The summed E-state index contributed by atoms with van der Waals surface area (Å²) in [6.07, 6.45) is 3.75. The third-order valence-corrected chi connectivity index (χ3v) is 1.79. The predicted molar refractivity (Wildman–Crippen MR) is 43.2 cm³/mol. The Hall–Kier alpha value is 0. The van der Waals surface area contributed by atoms with Crippen LogP contribution < -0.4 is 0 Å². The van der Waals surface area contributed by atoms with Gasteiger partial charge in [-0.15, -0.1) is 0 Å². The van der Waals surface area contributed by atoms with Gasteiger partial charge in [-0.25, -0.2) is 0 Å². The molecule has 0 bridgehead atoms. The van der Waals surface area contributed by atoms with Gasteiger partial charge in [-0.3, -0.25) is 0 Å². The van der Waals surface area contributed by atoms with Gasteiger partial charge in [0.15, 0.2) is 0 Å². The van der Waals surface area contributed by atoms with Gasteiger partial charge in [-0.1, -0.05) is 40.5 Å². The van der Waals surface area contributed by atoms with E-state index in [0.29, 0.717) is 0 Å². The molecule has 0 fully saturated rings. The van der Waals surface area contributed by atoms with Crippen molar-refractivity contribution >= 4 is 0 Å². The van der Waals surface area contributed by atoms with Gasteiger partial charge in [-0.2, -0.15) is 0 Å². The second-order valence-electron chi connectivity index (χ2n) is 3.19. The maximum Gasteiger partial charge on any atom is -0.0414 e. The molecular weight excluding hydrogens is 108 g/mol. The molecule has 0 nitrogen and oxygen atoms in total. The molecule has 0 N–H and O–H groups in total. The monoisotopic (exact) mass is 127 g/mol. The van der Waals surface area contributed by atoms with Crippen LogP contribution in [-0.2, 0) is 0 Å². The Kier molecular flexibility index (Phi) is 4.84. The van der Waals surface area contributed by atoms with Gasteiger partial charge in [-0.05, 0) is 18.3 Å². The smallest absolute Gasteiger partial charge is 0.0414 e. The molecule has 0 amide bonds. The van der Waals surface area contributed by atoms with Crippen molar-refractivity contribution in [1.82, 2.24) is 0 Å². The number of rotatable bonds is 4. The highest BCUT2D eigenvalue weighted by Crippen LogP contribution is 2.17. The molecule has 9 heavy (non-hydrogen) atoms. The van der Waals surface area contributed by atoms with E-state index in [2.05, 4.69) is 27.7 Å². The first kappa shape index (κ1) is 9.00. The minimum Gasteiger partial charge on any atom is -0.0651 e. The molecule has 1 atom stereocenters. The van der Waals surface area contributed by atoms with Crippen molar-refractivity contribution in [2.75, 3.05) is 0 Å². The van der Waals surface area contributed by atoms with Crippen molar-refractivity contribution in [3.63, 3.8) is 0 Å². The topological polar surface area (TPSA) is 0 Å². The molecule has 0 heterocycles. The average molecular weight is 127 g/mol. The van der Waals surface area contributed by atoms with Crippen molar-refractivity contribution in [2.24, 2.45) is 11.8 Å². The Labute approximate surface area is 59.7 Å². The molecular formula is C9H19. The van der Waals surface area contributed by atoms with Crippen molar-refractivity contribution in [2.45, 2.75) is 40.0 Å². The lowest BCUT2D eigenvalue weighted by atomic mass is 9.93. The summed E-state index contributed by atoms with van der Waals surface area (Å²) in [6, 6.07) is 0. The molecule has 0 saturated carbocycles. The van der Waals surface area contributed by atoms with Crippen molar-refractivity contribution < 1.29 is 0 Å². The maximum absolute atomic E-state index is 3.91. The predicted octanol–water partition coefficient (Wildman–Crippen LogP) is 3.28. The van der Waals surface area contributed by atoms with Crippen LogP contribution in [0.4, 0.5) is 0 Å². The maximum atomic E-state index is 3.91. The Bertz CT molecular complexity index is 51.1. The Morgan fingerprint density at radius 2 is 1.89 bits per heavy atom. The summed E-state index contributed by atoms with van der Waals surface area (Å²) in [6.45, 7) is 10.7. The third kappa shape index (κ3) is 4.50. The molecule has 0 aliphatic carbocycles. The zero-order valence-electron chi connectivity index (χ0n) is 6.98. The molecule has 55 valence electrons. The van der Waals surface area contributed by atoms with E-state index in [9.17, 15) is 0 Å². The summed E-state index contributed by atoms with van der Waals surface area (Å²) in [4.78, 5) is 0. The van der Waals surface area contributed by atoms with Crippen LogP contribution in [0.5, 0.6) is 0 Å². The Morgan fingerprint density at radius 3 is 2.00 bits per heavy atom. The SMILES string of the molecule is [CH2]CC(CC)CC(C)C. The summed E-state index contributed by atoms with van der Waals surface area (Å²) in [5.41, 5.74) is 0. The lowest BCUT2D eigenvalue weighted by molar-refractivity contribution is 0.401. The van der Waals surface area contributed by atoms with Crippen LogP contribution >= 0.6 is 0 Å². The highest BCUT2D eigenvalue weighted by atomic mass is 14.1. The van der Waals surface area contributed by atoms with E-state index in [4.69, 9.17) is 0 Å². The zero-order chi connectivity index (χ0) is 7.28. The normalized spacial score (nSPS) is 11.3. The fourth-order valence-electron chi connectivity index (χ4n) is 1.16. The molecule has 1 unspecified atom stereocenters. The number of hydrogen-bond acceptors (Lipinski definition) is 0. The summed E-state index contributed by atoms with van der Waals surface area (Å²) in [5, 5.41) is 0. The minimum absolute atomic E-state index is 0.844. The summed E-state index contributed by atoms with van der Waals surface area (Å²) in [5.74, 6) is 1.71. The van der Waals surface area contributed by atoms with E-state index in [1.807, 2.05) is 0 Å². The first-order valence-electron chi connectivity index (χ1n) is 3.99. The van der Waals surface area contributed by atoms with Crippen LogP contribution in [0.2, 0.25) is 0 Å². The Balaban J connectivity index is 3.31. The summed E-state index contributed by atoms with van der Waals surface area (Å²) < 4.78 is 0. The van der Waals surface area contributed by atoms with E-state index >= 15 is 0 Å². The van der Waals surface area contributed by atoms with Gasteiger partial charge >= 0.3 is 0 Å². The van der Waals surface area contributed by atoms with Gasteiger partial charge < -0.3 is 0 Å². The van der Waals surface area contributed by atoms with Crippen LogP contribution in [0.3, 0.4) is 0 Å². The van der Waals surface area contributed by atoms with Crippen LogP contribution in [0.25, 0.3) is 0 Å². The molecule has 0 aromatic rings. The second-order valence-corrected chi connectivity index (χ2v) is 3.19. The lowest BCUT2D eigenvalue weighted by Gasteiger charge is -2.13. The molecule has 0 aromatic carbocycles. The molecule has 0 rings (SSSR count). The van der Waals surface area contributed by atoms with E-state index in [1.54, 1.807) is 0 Å². The second kappa shape index (κ2) is 4.84. The van der Waals surface area contributed by atoms with E-state index < -0.39 is 0 Å². The first-order chi connectivity index (χ1) is 4.20. The van der Waals surface area contributed by atoms with Gasteiger partial charge in [0.2, 0.25) is 0 Å². The molecule has 0 aliphatic rings. The van der Waals surface area contributed by atoms with Crippen molar-refractivity contribution in [1.29, 1.82) is 0 Å². The van der Waals surface area contributed by atoms with E-state index in [0.717, 1.165) is 18.3 Å². The summed E-state index contributed by atoms with van der Waals surface area (Å²) in [7, 11) is 0. The molecule has 0 aromatic heterocycles.